The molecule has 5 heteroatoms. The number of carbonyl (C=O) groups excluding carboxylic acids is 1. The molecule has 2 N–H and O–H groups in total. The Kier molecular flexibility index (Phi) is 3.24. The predicted molar refractivity (Wildman–Crippen MR) is 60.9 cm³/mol. The van der Waals surface area contributed by atoms with Crippen LogP contribution in [0.15, 0.2) is 12.4 Å². The molecule has 1 saturated heterocycles. The molecule has 0 atom stereocenters. The molecule has 0 aromatic carbocycles. The van der Waals surface area contributed by atoms with Crippen LogP contribution in [0.25, 0.3) is 0 Å². The number of likely N-dealkylation sites (tertiary alicyclic amines) is 1. The lowest BCUT2D eigenvalue weighted by atomic mass is 9.96. The van der Waals surface area contributed by atoms with E-state index in [0.717, 1.165) is 31.8 Å². The van der Waals surface area contributed by atoms with Gasteiger partial charge in [0.15, 0.2) is 0 Å². The topological polar surface area (TPSA) is 64.2 Å². The van der Waals surface area contributed by atoms with Gasteiger partial charge in [0.2, 0.25) is 5.91 Å². The molecule has 1 aromatic heterocycles. The lowest BCUT2D eigenvalue weighted by Crippen LogP contribution is -2.31. The molecule has 16 heavy (non-hydrogen) atoms. The SMILES string of the molecule is CN1CCC(c2nccn2CC(N)=O)CC1. The van der Waals surface area contributed by atoms with Crippen molar-refractivity contribution in [1.82, 2.24) is 14.5 Å². The van der Waals surface area contributed by atoms with Crippen LogP contribution < -0.4 is 5.73 Å². The fraction of sp³-hybridized carbons (Fsp3) is 0.636. The molecule has 0 unspecified atom stereocenters. The van der Waals surface area contributed by atoms with Crippen molar-refractivity contribution in [3.8, 4) is 0 Å². The molecular formula is C11H18N4O. The largest absolute Gasteiger partial charge is 0.368 e. The predicted octanol–water partition coefficient (Wildman–Crippen LogP) is 0.178. The maximum atomic E-state index is 10.9. The van der Waals surface area contributed by atoms with Gasteiger partial charge >= 0.3 is 0 Å². The van der Waals surface area contributed by atoms with Crippen LogP contribution >= 0.6 is 0 Å². The van der Waals surface area contributed by atoms with Crippen LogP contribution in [0, 0.1) is 0 Å². The first-order chi connectivity index (χ1) is 7.66. The van der Waals surface area contributed by atoms with Crippen molar-refractivity contribution in [3.05, 3.63) is 18.2 Å². The highest BCUT2D eigenvalue weighted by Crippen LogP contribution is 2.25. The highest BCUT2D eigenvalue weighted by atomic mass is 16.1. The van der Waals surface area contributed by atoms with Crippen LogP contribution in [0.4, 0.5) is 0 Å². The summed E-state index contributed by atoms with van der Waals surface area (Å²) in [5.41, 5.74) is 5.21. The number of amides is 1. The van der Waals surface area contributed by atoms with Gasteiger partial charge in [0.05, 0.1) is 0 Å². The molecule has 1 aromatic rings. The minimum atomic E-state index is -0.313. The molecule has 1 amide bonds. The van der Waals surface area contributed by atoms with Crippen LogP contribution in [0.5, 0.6) is 0 Å². The van der Waals surface area contributed by atoms with E-state index in [9.17, 15) is 4.79 Å². The second-order valence-electron chi connectivity index (χ2n) is 4.46. The summed E-state index contributed by atoms with van der Waals surface area (Å²) in [6, 6.07) is 0. The monoisotopic (exact) mass is 222 g/mol. The summed E-state index contributed by atoms with van der Waals surface area (Å²) < 4.78 is 1.87. The van der Waals surface area contributed by atoms with Gasteiger partial charge in [-0.05, 0) is 33.0 Å². The number of hydrogen-bond donors (Lipinski definition) is 1. The number of aromatic nitrogens is 2. The van der Waals surface area contributed by atoms with Gasteiger partial charge in [-0.15, -0.1) is 0 Å². The summed E-state index contributed by atoms with van der Waals surface area (Å²) in [6.45, 7) is 2.42. The quantitative estimate of drug-likeness (QED) is 0.793. The average molecular weight is 222 g/mol. The van der Waals surface area contributed by atoms with Crippen molar-refractivity contribution in [2.24, 2.45) is 5.73 Å². The Hall–Kier alpha value is -1.36. The van der Waals surface area contributed by atoms with E-state index in [1.807, 2.05) is 10.8 Å². The molecule has 0 saturated carbocycles. The number of hydrogen-bond acceptors (Lipinski definition) is 3. The number of rotatable bonds is 3. The Morgan fingerprint density at radius 2 is 2.25 bits per heavy atom. The molecule has 0 spiro atoms. The van der Waals surface area contributed by atoms with Crippen molar-refractivity contribution in [3.63, 3.8) is 0 Å². The van der Waals surface area contributed by atoms with Gasteiger partial charge in [0.25, 0.3) is 0 Å². The summed E-state index contributed by atoms with van der Waals surface area (Å²) in [4.78, 5) is 17.6. The normalized spacial score (nSPS) is 18.8. The Balaban J connectivity index is 2.08. The van der Waals surface area contributed by atoms with E-state index >= 15 is 0 Å². The number of imidazole rings is 1. The number of primary amides is 1. The minimum absolute atomic E-state index is 0.238. The molecule has 5 nitrogen and oxygen atoms in total. The van der Waals surface area contributed by atoms with E-state index in [1.54, 1.807) is 6.20 Å². The number of piperidine rings is 1. The van der Waals surface area contributed by atoms with Crippen molar-refractivity contribution in [2.75, 3.05) is 20.1 Å². The van der Waals surface area contributed by atoms with Crippen LogP contribution in [0.1, 0.15) is 24.6 Å². The third-order valence-corrected chi connectivity index (χ3v) is 3.16. The Morgan fingerprint density at radius 1 is 1.56 bits per heavy atom. The van der Waals surface area contributed by atoms with E-state index < -0.39 is 0 Å². The van der Waals surface area contributed by atoms with E-state index in [0.29, 0.717) is 5.92 Å². The number of nitrogens with two attached hydrogens (primary N) is 1. The average Bonchev–Trinajstić information content (AvgIpc) is 2.66. The lowest BCUT2D eigenvalue weighted by molar-refractivity contribution is -0.118. The van der Waals surface area contributed by atoms with Gasteiger partial charge in [0, 0.05) is 18.3 Å². The van der Waals surface area contributed by atoms with Crippen LogP contribution in [0.3, 0.4) is 0 Å². The van der Waals surface area contributed by atoms with Crippen LogP contribution in [-0.2, 0) is 11.3 Å². The summed E-state index contributed by atoms with van der Waals surface area (Å²) >= 11 is 0. The first-order valence-corrected chi connectivity index (χ1v) is 5.64. The zero-order valence-corrected chi connectivity index (χ0v) is 9.59. The van der Waals surface area contributed by atoms with Gasteiger partial charge in [-0.3, -0.25) is 4.79 Å². The molecular weight excluding hydrogens is 204 g/mol. The molecule has 0 radical (unpaired) electrons. The zero-order chi connectivity index (χ0) is 11.5. The van der Waals surface area contributed by atoms with Gasteiger partial charge in [-0.2, -0.15) is 0 Å². The third-order valence-electron chi connectivity index (χ3n) is 3.16. The molecule has 0 bridgehead atoms. The smallest absolute Gasteiger partial charge is 0.237 e. The number of carbonyl (C=O) groups is 1. The molecule has 2 rings (SSSR count). The zero-order valence-electron chi connectivity index (χ0n) is 9.59. The Labute approximate surface area is 95.2 Å². The standard InChI is InChI=1S/C11H18N4O/c1-14-5-2-9(3-6-14)11-13-4-7-15(11)8-10(12)16/h4,7,9H,2-3,5-6,8H2,1H3,(H2,12,16). The van der Waals surface area contributed by atoms with E-state index in [-0.39, 0.29) is 12.5 Å². The van der Waals surface area contributed by atoms with Gasteiger partial charge < -0.3 is 15.2 Å². The summed E-state index contributed by atoms with van der Waals surface area (Å²) in [5.74, 6) is 1.16. The third kappa shape index (κ3) is 2.41. The first-order valence-electron chi connectivity index (χ1n) is 5.64. The van der Waals surface area contributed by atoms with E-state index in [2.05, 4.69) is 16.9 Å². The molecule has 2 heterocycles. The van der Waals surface area contributed by atoms with Crippen molar-refractivity contribution >= 4 is 5.91 Å². The van der Waals surface area contributed by atoms with Gasteiger partial charge in [-0.1, -0.05) is 0 Å². The fourth-order valence-corrected chi connectivity index (χ4v) is 2.25. The van der Waals surface area contributed by atoms with Crippen molar-refractivity contribution in [1.29, 1.82) is 0 Å². The maximum Gasteiger partial charge on any atom is 0.237 e. The molecule has 1 aliphatic heterocycles. The van der Waals surface area contributed by atoms with Crippen molar-refractivity contribution < 1.29 is 4.79 Å². The molecule has 0 aliphatic carbocycles. The summed E-state index contributed by atoms with van der Waals surface area (Å²) in [5, 5.41) is 0. The van der Waals surface area contributed by atoms with E-state index in [4.69, 9.17) is 5.73 Å². The van der Waals surface area contributed by atoms with Crippen LogP contribution in [-0.4, -0.2) is 40.5 Å². The Morgan fingerprint density at radius 3 is 2.88 bits per heavy atom. The van der Waals surface area contributed by atoms with E-state index in [1.165, 1.54) is 0 Å². The molecule has 1 aliphatic rings. The lowest BCUT2D eigenvalue weighted by Gasteiger charge is -2.28. The molecule has 88 valence electrons. The maximum absolute atomic E-state index is 10.9. The fourth-order valence-electron chi connectivity index (χ4n) is 2.25. The first kappa shape index (κ1) is 11.1. The van der Waals surface area contributed by atoms with Gasteiger partial charge in [0.1, 0.15) is 12.4 Å². The Bertz CT molecular complexity index is 366. The second kappa shape index (κ2) is 4.65. The highest BCUT2D eigenvalue weighted by Gasteiger charge is 2.22. The van der Waals surface area contributed by atoms with Crippen molar-refractivity contribution in [2.45, 2.75) is 25.3 Å². The summed E-state index contributed by atoms with van der Waals surface area (Å²) in [6.07, 6.45) is 5.79. The molecule has 1 fully saturated rings. The minimum Gasteiger partial charge on any atom is -0.368 e. The number of nitrogens with zero attached hydrogens (tertiary/aromatic N) is 3. The van der Waals surface area contributed by atoms with Crippen LogP contribution in [0.2, 0.25) is 0 Å². The summed E-state index contributed by atoms with van der Waals surface area (Å²) in [7, 11) is 2.13. The van der Waals surface area contributed by atoms with Gasteiger partial charge in [-0.25, -0.2) is 4.98 Å². The second-order valence-corrected chi connectivity index (χ2v) is 4.46. The highest BCUT2D eigenvalue weighted by molar-refractivity contribution is 5.73.